The van der Waals surface area contributed by atoms with E-state index < -0.39 is 5.41 Å². The number of esters is 2. The van der Waals surface area contributed by atoms with Crippen molar-refractivity contribution in [3.8, 4) is 0 Å². The van der Waals surface area contributed by atoms with Crippen LogP contribution in [0.1, 0.15) is 132 Å². The van der Waals surface area contributed by atoms with Gasteiger partial charge in [-0.2, -0.15) is 0 Å². The smallest absolute Gasteiger partial charge is 0.306 e. The topological polar surface area (TPSA) is 69.7 Å². The second-order valence-electron chi connectivity index (χ2n) is 18.0. The zero-order valence-corrected chi connectivity index (χ0v) is 28.8. The van der Waals surface area contributed by atoms with Gasteiger partial charge in [0.05, 0.1) is 20.0 Å². The molecule has 0 N–H and O–H groups in total. The minimum atomic E-state index is -0.498. The number of aldehydes is 1. The number of carbonyl (C=O) groups is 3. The fraction of sp³-hybridized carbons (Fsp3) is 0.868. The van der Waals surface area contributed by atoms with Crippen LogP contribution in [0, 0.1) is 62.1 Å². The molecule has 0 spiro atoms. The molecular formula is C38H60O5. The van der Waals surface area contributed by atoms with E-state index in [4.69, 9.17) is 9.47 Å². The summed E-state index contributed by atoms with van der Waals surface area (Å²) in [7, 11) is 1.39. The monoisotopic (exact) mass is 596 g/mol. The number of rotatable bonds is 7. The van der Waals surface area contributed by atoms with Crippen LogP contribution < -0.4 is 0 Å². The minimum absolute atomic E-state index is 0.110. The number of allylic oxidation sites excluding steroid dienone is 1. The van der Waals surface area contributed by atoms with Crippen LogP contribution in [0.15, 0.2) is 12.2 Å². The number of ether oxygens (including phenoxy) is 2. The van der Waals surface area contributed by atoms with Crippen molar-refractivity contribution in [3.63, 3.8) is 0 Å². The summed E-state index contributed by atoms with van der Waals surface area (Å²) >= 11 is 0. The second-order valence-corrected chi connectivity index (χ2v) is 18.0. The van der Waals surface area contributed by atoms with Gasteiger partial charge in [-0.15, -0.1) is 0 Å². The van der Waals surface area contributed by atoms with Crippen LogP contribution >= 0.6 is 0 Å². The molecule has 0 aromatic carbocycles. The lowest BCUT2D eigenvalue weighted by Gasteiger charge is -2.72. The summed E-state index contributed by atoms with van der Waals surface area (Å²) in [6.45, 7) is 23.0. The Morgan fingerprint density at radius 2 is 1.51 bits per heavy atom. The SMILES string of the molecule is C=C(C)[C@@H]1CC[C@]2(C=O)CC[C@]3(C)[C@H](CC[C@@H]4[C@@]5(C)CC[C@H](OC(=O)CC(C)(C)CC(=O)OC)C(C)(C)[C@@H]5CC[C@]43C)[C@@H]12. The molecule has 5 saturated carbocycles. The standard InChI is InChI=1S/C38H60O5/c1-24(2)25-13-18-38(23-39)20-19-36(8)26(32(25)38)11-12-28-35(7)16-15-29(34(5,6)27(35)14-17-37(28,36)9)43-31(41)22-33(3,4)21-30(40)42-10/h23,25-29,32H,1,11-22H2,2-10H3/t25-,26+,27-,28+,29-,32+,35-,36+,37+,38+/m0/s1. The fourth-order valence-electron chi connectivity index (χ4n) is 12.7. The molecule has 0 bridgehead atoms. The molecule has 5 aliphatic carbocycles. The normalized spacial score (nSPS) is 45.0. The summed E-state index contributed by atoms with van der Waals surface area (Å²) in [6, 6.07) is 0. The Morgan fingerprint density at radius 3 is 2.14 bits per heavy atom. The second kappa shape index (κ2) is 10.7. The predicted molar refractivity (Wildman–Crippen MR) is 170 cm³/mol. The first-order chi connectivity index (χ1) is 19.9. The summed E-state index contributed by atoms with van der Waals surface area (Å²) in [5, 5.41) is 0. The number of fused-ring (bicyclic) bond motifs is 7. The van der Waals surface area contributed by atoms with Gasteiger partial charge in [-0.05, 0) is 122 Å². The third kappa shape index (κ3) is 4.87. The van der Waals surface area contributed by atoms with Gasteiger partial charge in [0.1, 0.15) is 12.4 Å². The highest BCUT2D eigenvalue weighted by Crippen LogP contribution is 2.77. The van der Waals surface area contributed by atoms with Crippen LogP contribution in [-0.4, -0.2) is 31.4 Å². The van der Waals surface area contributed by atoms with Crippen molar-refractivity contribution in [2.75, 3.05) is 7.11 Å². The summed E-state index contributed by atoms with van der Waals surface area (Å²) < 4.78 is 11.1. The first-order valence-electron chi connectivity index (χ1n) is 17.3. The Kier molecular flexibility index (Phi) is 8.16. The molecule has 5 fully saturated rings. The van der Waals surface area contributed by atoms with Gasteiger partial charge in [0.15, 0.2) is 0 Å². The van der Waals surface area contributed by atoms with E-state index in [9.17, 15) is 14.4 Å². The lowest BCUT2D eigenvalue weighted by atomic mass is 9.32. The largest absolute Gasteiger partial charge is 0.469 e. The molecule has 5 rings (SSSR count). The van der Waals surface area contributed by atoms with E-state index in [1.807, 2.05) is 13.8 Å². The number of hydrogen-bond acceptors (Lipinski definition) is 5. The molecule has 0 unspecified atom stereocenters. The van der Waals surface area contributed by atoms with E-state index in [0.717, 1.165) is 44.9 Å². The van der Waals surface area contributed by atoms with Gasteiger partial charge in [0.2, 0.25) is 0 Å². The maximum atomic E-state index is 13.2. The molecule has 0 heterocycles. The zero-order chi connectivity index (χ0) is 31.8. The van der Waals surface area contributed by atoms with E-state index in [1.165, 1.54) is 38.2 Å². The van der Waals surface area contributed by atoms with Crippen LogP contribution in [0.25, 0.3) is 0 Å². The van der Waals surface area contributed by atoms with E-state index in [1.54, 1.807) is 0 Å². The quantitative estimate of drug-likeness (QED) is 0.167. The lowest BCUT2D eigenvalue weighted by Crippen LogP contribution is -2.66. The minimum Gasteiger partial charge on any atom is -0.469 e. The van der Waals surface area contributed by atoms with Crippen LogP contribution in [0.2, 0.25) is 0 Å². The van der Waals surface area contributed by atoms with E-state index in [2.05, 4.69) is 48.1 Å². The summed E-state index contributed by atoms with van der Waals surface area (Å²) in [5.74, 6) is 2.12. The Labute approximate surface area is 261 Å². The van der Waals surface area contributed by atoms with E-state index in [-0.39, 0.29) is 58.0 Å². The van der Waals surface area contributed by atoms with Crippen molar-refractivity contribution >= 4 is 18.2 Å². The highest BCUT2D eigenvalue weighted by Gasteiger charge is 2.71. The number of carbonyl (C=O) groups excluding carboxylic acids is 3. The third-order valence-electron chi connectivity index (χ3n) is 15.1. The van der Waals surface area contributed by atoms with Crippen LogP contribution in [-0.2, 0) is 23.9 Å². The van der Waals surface area contributed by atoms with Gasteiger partial charge >= 0.3 is 11.9 Å². The lowest BCUT2D eigenvalue weighted by molar-refractivity contribution is -0.248. The molecule has 0 saturated heterocycles. The van der Waals surface area contributed by atoms with Crippen molar-refractivity contribution in [2.24, 2.45) is 62.1 Å². The van der Waals surface area contributed by atoms with Gasteiger partial charge < -0.3 is 14.3 Å². The highest BCUT2D eigenvalue weighted by molar-refractivity contribution is 5.74. The van der Waals surface area contributed by atoms with Crippen molar-refractivity contribution in [2.45, 2.75) is 139 Å². The van der Waals surface area contributed by atoms with Crippen LogP contribution in [0.5, 0.6) is 0 Å². The Morgan fingerprint density at radius 1 is 0.837 bits per heavy atom. The molecule has 5 heteroatoms. The van der Waals surface area contributed by atoms with Gasteiger partial charge in [-0.1, -0.05) is 60.6 Å². The van der Waals surface area contributed by atoms with Crippen molar-refractivity contribution in [1.82, 2.24) is 0 Å². The molecule has 0 aliphatic heterocycles. The molecule has 10 atom stereocenters. The van der Waals surface area contributed by atoms with Crippen molar-refractivity contribution in [3.05, 3.63) is 12.2 Å². The molecule has 43 heavy (non-hydrogen) atoms. The van der Waals surface area contributed by atoms with Gasteiger partial charge in [-0.25, -0.2) is 0 Å². The summed E-state index contributed by atoms with van der Waals surface area (Å²) in [6.07, 6.45) is 12.8. The van der Waals surface area contributed by atoms with Crippen LogP contribution in [0.4, 0.5) is 0 Å². The maximum Gasteiger partial charge on any atom is 0.306 e. The molecule has 0 aromatic rings. The van der Waals surface area contributed by atoms with E-state index in [0.29, 0.717) is 29.6 Å². The van der Waals surface area contributed by atoms with Crippen LogP contribution in [0.3, 0.4) is 0 Å². The molecule has 242 valence electrons. The Bertz CT molecular complexity index is 1150. The highest BCUT2D eigenvalue weighted by atomic mass is 16.5. The maximum absolute atomic E-state index is 13.2. The summed E-state index contributed by atoms with van der Waals surface area (Å²) in [5.41, 5.74) is 1.16. The van der Waals surface area contributed by atoms with E-state index >= 15 is 0 Å². The van der Waals surface area contributed by atoms with Gasteiger partial charge in [-0.3, -0.25) is 9.59 Å². The first-order valence-corrected chi connectivity index (χ1v) is 17.3. The fourth-order valence-corrected chi connectivity index (χ4v) is 12.7. The van der Waals surface area contributed by atoms with Gasteiger partial charge in [0, 0.05) is 10.8 Å². The molecule has 0 radical (unpaired) electrons. The molecule has 0 aromatic heterocycles. The molecular weight excluding hydrogens is 536 g/mol. The average molecular weight is 597 g/mol. The molecule has 5 nitrogen and oxygen atoms in total. The summed E-state index contributed by atoms with van der Waals surface area (Å²) in [4.78, 5) is 37.8. The molecule has 0 amide bonds. The Hall–Kier alpha value is -1.65. The average Bonchev–Trinajstić information content (AvgIpc) is 3.30. The van der Waals surface area contributed by atoms with Crippen molar-refractivity contribution in [1.29, 1.82) is 0 Å². The number of hydrogen-bond donors (Lipinski definition) is 0. The molecule has 5 aliphatic rings. The Balaban J connectivity index is 1.37. The van der Waals surface area contributed by atoms with Crippen molar-refractivity contribution < 1.29 is 23.9 Å². The zero-order valence-electron chi connectivity index (χ0n) is 28.8. The first kappa shape index (κ1) is 32.7. The predicted octanol–water partition coefficient (Wildman–Crippen LogP) is 8.73. The van der Waals surface area contributed by atoms with Gasteiger partial charge in [0.25, 0.3) is 0 Å². The number of methoxy groups -OCH3 is 1. The third-order valence-corrected chi connectivity index (χ3v) is 15.1.